The van der Waals surface area contributed by atoms with Gasteiger partial charge in [0.15, 0.2) is 5.82 Å². The van der Waals surface area contributed by atoms with E-state index in [0.29, 0.717) is 17.2 Å². The zero-order chi connectivity index (χ0) is 16.6. The average molecular weight is 314 g/mol. The Labute approximate surface area is 135 Å². The van der Waals surface area contributed by atoms with Gasteiger partial charge in [-0.2, -0.15) is 5.10 Å². The van der Waals surface area contributed by atoms with Crippen LogP contribution in [-0.4, -0.2) is 42.5 Å². The second-order valence-electron chi connectivity index (χ2n) is 5.95. The summed E-state index contributed by atoms with van der Waals surface area (Å²) in [5, 5.41) is 15.7. The number of nitrogens with one attached hydrogen (secondary N) is 3. The minimum atomic E-state index is -0.0248. The molecule has 1 aromatic heterocycles. The van der Waals surface area contributed by atoms with Crippen LogP contribution in [0.25, 0.3) is 0 Å². The molecule has 0 aromatic carbocycles. The molecule has 1 amide bonds. The van der Waals surface area contributed by atoms with Crippen LogP contribution in [0.5, 0.6) is 0 Å². The molecule has 1 aliphatic heterocycles. The molecule has 3 N–H and O–H groups in total. The van der Waals surface area contributed by atoms with Gasteiger partial charge >= 0.3 is 0 Å². The lowest BCUT2D eigenvalue weighted by Crippen LogP contribution is -2.47. The number of rotatable bonds is 4. The maximum absolute atomic E-state index is 12.1. The summed E-state index contributed by atoms with van der Waals surface area (Å²) in [5.74, 6) is 0.673. The molecular weight excluding hydrogens is 292 g/mol. The van der Waals surface area contributed by atoms with Crippen molar-refractivity contribution in [2.24, 2.45) is 11.0 Å². The lowest BCUT2D eigenvalue weighted by Gasteiger charge is -2.37. The fourth-order valence-electron chi connectivity index (χ4n) is 3.03. The zero-order valence-corrected chi connectivity index (χ0v) is 13.7. The summed E-state index contributed by atoms with van der Waals surface area (Å²) in [7, 11) is 3.69. The number of amides is 1. The first-order valence-electron chi connectivity index (χ1n) is 7.94. The Kier molecular flexibility index (Phi) is 4.02. The highest BCUT2D eigenvalue weighted by atomic mass is 16.2. The molecule has 1 aliphatic carbocycles. The summed E-state index contributed by atoms with van der Waals surface area (Å²) in [4.78, 5) is 18.5. The van der Waals surface area contributed by atoms with Gasteiger partial charge in [-0.3, -0.25) is 10.2 Å². The van der Waals surface area contributed by atoms with E-state index in [-0.39, 0.29) is 17.9 Å². The van der Waals surface area contributed by atoms with Gasteiger partial charge in [-0.1, -0.05) is 6.92 Å². The molecule has 2 heterocycles. The van der Waals surface area contributed by atoms with Crippen LogP contribution in [0.4, 0.5) is 11.5 Å². The summed E-state index contributed by atoms with van der Waals surface area (Å²) in [6.45, 7) is 2.06. The molecule has 0 radical (unpaired) electrons. The Morgan fingerprint density at radius 1 is 1.52 bits per heavy atom. The molecule has 23 heavy (non-hydrogen) atoms. The number of hydrogen-bond donors (Lipinski definition) is 3. The summed E-state index contributed by atoms with van der Waals surface area (Å²) in [6, 6.07) is 1.78. The fraction of sp³-hybridized carbons (Fsp3) is 0.500. The molecule has 1 unspecified atom stereocenters. The van der Waals surface area contributed by atoms with Gasteiger partial charge in [0.2, 0.25) is 5.91 Å². The Balaban J connectivity index is 2.04. The van der Waals surface area contributed by atoms with Gasteiger partial charge in [0.05, 0.1) is 17.4 Å². The highest BCUT2D eigenvalue weighted by molar-refractivity contribution is 6.51. The van der Waals surface area contributed by atoms with Crippen LogP contribution < -0.4 is 15.6 Å². The van der Waals surface area contributed by atoms with Gasteiger partial charge in [-0.05, 0) is 25.3 Å². The third-order valence-electron chi connectivity index (χ3n) is 4.39. The Morgan fingerprint density at radius 3 is 2.87 bits per heavy atom. The molecule has 1 saturated carbocycles. The SMILES string of the molecule is CCC1/C(=N/NC)C(=N)c2ccnc(NC(=O)C3CC3)c2N1C. The Bertz CT molecular complexity index is 679. The van der Waals surface area contributed by atoms with Crippen molar-refractivity contribution in [3.05, 3.63) is 17.8 Å². The highest BCUT2D eigenvalue weighted by Gasteiger charge is 2.36. The van der Waals surface area contributed by atoms with Crippen LogP contribution in [0.1, 0.15) is 31.7 Å². The lowest BCUT2D eigenvalue weighted by molar-refractivity contribution is -0.117. The second kappa shape index (κ2) is 5.98. The van der Waals surface area contributed by atoms with Crippen molar-refractivity contribution < 1.29 is 4.79 Å². The number of hydrogen-bond acceptors (Lipinski definition) is 6. The van der Waals surface area contributed by atoms with E-state index in [9.17, 15) is 4.79 Å². The monoisotopic (exact) mass is 314 g/mol. The second-order valence-corrected chi connectivity index (χ2v) is 5.95. The molecule has 7 nitrogen and oxygen atoms in total. The van der Waals surface area contributed by atoms with Crippen molar-refractivity contribution in [2.75, 3.05) is 24.3 Å². The average Bonchev–Trinajstić information content (AvgIpc) is 3.37. The summed E-state index contributed by atoms with van der Waals surface area (Å²) in [5.41, 5.74) is 5.41. The third kappa shape index (κ3) is 2.67. The number of pyridine rings is 1. The normalized spacial score (nSPS) is 22.0. The molecule has 2 aliphatic rings. The van der Waals surface area contributed by atoms with Crippen molar-refractivity contribution in [3.63, 3.8) is 0 Å². The van der Waals surface area contributed by atoms with Gasteiger partial charge in [0, 0.05) is 31.8 Å². The summed E-state index contributed by atoms with van der Waals surface area (Å²) in [6.07, 6.45) is 4.34. The van der Waals surface area contributed by atoms with Crippen LogP contribution in [0, 0.1) is 11.3 Å². The van der Waals surface area contributed by atoms with E-state index in [1.54, 1.807) is 19.3 Å². The topological polar surface area (TPSA) is 93.5 Å². The first kappa shape index (κ1) is 15.5. The molecule has 0 saturated heterocycles. The first-order valence-corrected chi connectivity index (χ1v) is 7.94. The molecule has 1 aromatic rings. The molecule has 3 rings (SSSR count). The maximum atomic E-state index is 12.1. The number of aromatic nitrogens is 1. The predicted octanol–water partition coefficient (Wildman–Crippen LogP) is 1.60. The number of anilines is 2. The van der Waals surface area contributed by atoms with E-state index in [2.05, 4.69) is 32.7 Å². The number of hydrazone groups is 1. The molecule has 1 atom stereocenters. The molecule has 1 fully saturated rings. The van der Waals surface area contributed by atoms with E-state index in [1.807, 2.05) is 7.05 Å². The number of carbonyl (C=O) groups is 1. The quantitative estimate of drug-likeness (QED) is 0.736. The Morgan fingerprint density at radius 2 is 2.26 bits per heavy atom. The van der Waals surface area contributed by atoms with E-state index >= 15 is 0 Å². The number of carbonyl (C=O) groups excluding carboxylic acids is 1. The maximum Gasteiger partial charge on any atom is 0.228 e. The summed E-state index contributed by atoms with van der Waals surface area (Å²) < 4.78 is 0. The minimum absolute atomic E-state index is 0.0218. The van der Waals surface area contributed by atoms with Crippen molar-refractivity contribution in [3.8, 4) is 0 Å². The smallest absolute Gasteiger partial charge is 0.228 e. The summed E-state index contributed by atoms with van der Waals surface area (Å²) >= 11 is 0. The third-order valence-corrected chi connectivity index (χ3v) is 4.39. The predicted molar refractivity (Wildman–Crippen MR) is 91.4 cm³/mol. The minimum Gasteiger partial charge on any atom is -0.362 e. The first-order chi connectivity index (χ1) is 11.1. The van der Waals surface area contributed by atoms with Gasteiger partial charge < -0.3 is 15.6 Å². The van der Waals surface area contributed by atoms with Gasteiger partial charge in [-0.25, -0.2) is 4.98 Å². The molecule has 0 bridgehead atoms. The highest BCUT2D eigenvalue weighted by Crippen LogP contribution is 2.36. The number of fused-ring (bicyclic) bond motifs is 1. The van der Waals surface area contributed by atoms with E-state index in [4.69, 9.17) is 5.41 Å². The van der Waals surface area contributed by atoms with Gasteiger partial charge in [0.25, 0.3) is 0 Å². The van der Waals surface area contributed by atoms with Gasteiger partial charge in [-0.15, -0.1) is 0 Å². The Hall–Kier alpha value is -2.44. The van der Waals surface area contributed by atoms with E-state index in [1.165, 1.54) is 0 Å². The standard InChI is InChI=1S/C16H22N6O/c1-4-11-13(21-18-2)12(17)10-7-8-19-15(14(10)22(11)3)20-16(23)9-5-6-9/h7-9,11,17-18H,4-6H2,1-3H3,(H,19,20,23)/b17-12?,21-13-. The fourth-order valence-corrected chi connectivity index (χ4v) is 3.03. The van der Waals surface area contributed by atoms with E-state index < -0.39 is 0 Å². The largest absolute Gasteiger partial charge is 0.362 e. The van der Waals surface area contributed by atoms with Crippen molar-refractivity contribution in [1.29, 1.82) is 5.41 Å². The number of nitrogens with zero attached hydrogens (tertiary/aromatic N) is 3. The molecule has 122 valence electrons. The molecule has 0 spiro atoms. The van der Waals surface area contributed by atoms with Crippen molar-refractivity contribution >= 4 is 28.8 Å². The van der Waals surface area contributed by atoms with Crippen molar-refractivity contribution in [2.45, 2.75) is 32.2 Å². The molecule has 7 heteroatoms. The van der Waals surface area contributed by atoms with Crippen LogP contribution in [0.2, 0.25) is 0 Å². The van der Waals surface area contributed by atoms with Crippen LogP contribution in [-0.2, 0) is 4.79 Å². The zero-order valence-electron chi connectivity index (χ0n) is 13.7. The van der Waals surface area contributed by atoms with Crippen LogP contribution >= 0.6 is 0 Å². The molecular formula is C16H22N6O. The lowest BCUT2D eigenvalue weighted by atomic mass is 9.91. The van der Waals surface area contributed by atoms with Crippen molar-refractivity contribution in [1.82, 2.24) is 10.4 Å². The van der Waals surface area contributed by atoms with Crippen LogP contribution in [0.15, 0.2) is 17.4 Å². The van der Waals surface area contributed by atoms with E-state index in [0.717, 1.165) is 30.5 Å². The van der Waals surface area contributed by atoms with Crippen LogP contribution in [0.3, 0.4) is 0 Å². The van der Waals surface area contributed by atoms with Gasteiger partial charge in [0.1, 0.15) is 5.71 Å².